The number of rotatable bonds is 3. The lowest BCUT2D eigenvalue weighted by atomic mass is 10.2. The van der Waals surface area contributed by atoms with Crippen molar-refractivity contribution in [1.82, 2.24) is 5.32 Å². The highest BCUT2D eigenvalue weighted by atomic mass is 16.3. The first-order valence-corrected chi connectivity index (χ1v) is 4.96. The number of aliphatic hydroxyl groups excluding tert-OH is 1. The largest absolute Gasteiger partial charge is 0.395 e. The summed E-state index contributed by atoms with van der Waals surface area (Å²) in [6, 6.07) is -0.175. The summed E-state index contributed by atoms with van der Waals surface area (Å²) < 4.78 is 0. The van der Waals surface area contributed by atoms with Crippen molar-refractivity contribution in [2.45, 2.75) is 31.7 Å². The molecule has 1 atom stereocenters. The zero-order valence-electron chi connectivity index (χ0n) is 8.00. The summed E-state index contributed by atoms with van der Waals surface area (Å²) in [7, 11) is 0. The van der Waals surface area contributed by atoms with Gasteiger partial charge in [-0.25, -0.2) is 0 Å². The summed E-state index contributed by atoms with van der Waals surface area (Å²) in [6.07, 6.45) is 4.69. The summed E-state index contributed by atoms with van der Waals surface area (Å²) in [5, 5.41) is 11.9. The Morgan fingerprint density at radius 3 is 3.08 bits per heavy atom. The van der Waals surface area contributed by atoms with E-state index in [0.717, 1.165) is 18.8 Å². The third kappa shape index (κ3) is 4.24. The minimum absolute atomic E-state index is 0.0281. The molecule has 1 unspecified atom stereocenters. The zero-order valence-corrected chi connectivity index (χ0v) is 8.00. The van der Waals surface area contributed by atoms with E-state index in [2.05, 4.69) is 10.3 Å². The van der Waals surface area contributed by atoms with E-state index in [-0.39, 0.29) is 12.6 Å². The van der Waals surface area contributed by atoms with Crippen molar-refractivity contribution in [1.29, 1.82) is 0 Å². The molecule has 0 saturated heterocycles. The molecule has 4 heteroatoms. The maximum absolute atomic E-state index is 8.71. The molecular weight excluding hydrogens is 166 g/mol. The molecule has 0 aliphatic carbocycles. The van der Waals surface area contributed by atoms with Crippen molar-refractivity contribution in [3.63, 3.8) is 0 Å². The molecule has 0 aromatic heterocycles. The molecule has 76 valence electrons. The Labute approximate surface area is 79.2 Å². The molecule has 4 N–H and O–H groups in total. The highest BCUT2D eigenvalue weighted by Crippen LogP contribution is 2.05. The number of nitrogens with zero attached hydrogens (tertiary/aromatic N) is 1. The fourth-order valence-corrected chi connectivity index (χ4v) is 1.33. The second kappa shape index (κ2) is 5.94. The molecule has 0 amide bonds. The van der Waals surface area contributed by atoms with Gasteiger partial charge in [0, 0.05) is 25.6 Å². The predicted octanol–water partition coefficient (Wildman–Crippen LogP) is -0.132. The molecule has 0 aromatic carbocycles. The van der Waals surface area contributed by atoms with E-state index < -0.39 is 0 Å². The second-order valence-corrected chi connectivity index (χ2v) is 3.46. The van der Waals surface area contributed by atoms with Gasteiger partial charge in [-0.2, -0.15) is 0 Å². The van der Waals surface area contributed by atoms with Crippen LogP contribution in [-0.4, -0.2) is 36.7 Å². The van der Waals surface area contributed by atoms with Gasteiger partial charge in [-0.3, -0.25) is 4.99 Å². The van der Waals surface area contributed by atoms with Gasteiger partial charge in [-0.05, 0) is 12.8 Å². The van der Waals surface area contributed by atoms with Crippen LogP contribution in [0.1, 0.15) is 25.7 Å². The fraction of sp³-hybridized carbons (Fsp3) is 0.889. The third-order valence-corrected chi connectivity index (χ3v) is 2.18. The van der Waals surface area contributed by atoms with Crippen LogP contribution in [0.25, 0.3) is 0 Å². The summed E-state index contributed by atoms with van der Waals surface area (Å²) >= 11 is 0. The first-order chi connectivity index (χ1) is 6.33. The van der Waals surface area contributed by atoms with Gasteiger partial charge >= 0.3 is 0 Å². The molecule has 1 aliphatic rings. The number of nitrogens with two attached hydrogens (primary N) is 1. The molecular formula is C9H19N3O. The van der Waals surface area contributed by atoms with Gasteiger partial charge in [0.2, 0.25) is 0 Å². The monoisotopic (exact) mass is 185 g/mol. The van der Waals surface area contributed by atoms with Crippen molar-refractivity contribution in [2.75, 3.05) is 19.7 Å². The van der Waals surface area contributed by atoms with Crippen LogP contribution in [0, 0.1) is 0 Å². The lowest BCUT2D eigenvalue weighted by Gasteiger charge is -2.11. The molecule has 4 nitrogen and oxygen atoms in total. The number of nitrogens with one attached hydrogen (secondary N) is 1. The lowest BCUT2D eigenvalue weighted by Crippen LogP contribution is -2.39. The molecule has 1 heterocycles. The number of hydrogen-bond acceptors (Lipinski definition) is 4. The van der Waals surface area contributed by atoms with E-state index >= 15 is 0 Å². The quantitative estimate of drug-likeness (QED) is 0.573. The third-order valence-electron chi connectivity index (χ3n) is 2.18. The zero-order chi connectivity index (χ0) is 9.52. The van der Waals surface area contributed by atoms with Crippen LogP contribution in [0.15, 0.2) is 4.99 Å². The van der Waals surface area contributed by atoms with Crippen LogP contribution < -0.4 is 11.1 Å². The van der Waals surface area contributed by atoms with Crippen LogP contribution in [0.4, 0.5) is 0 Å². The number of aliphatic imine (C=N–C) groups is 1. The first kappa shape index (κ1) is 10.5. The van der Waals surface area contributed by atoms with E-state index in [9.17, 15) is 0 Å². The minimum atomic E-state index is -0.175. The highest BCUT2D eigenvalue weighted by molar-refractivity contribution is 5.82. The molecule has 1 aliphatic heterocycles. The normalized spacial score (nSPS) is 20.3. The van der Waals surface area contributed by atoms with Gasteiger partial charge in [0.1, 0.15) is 0 Å². The average molecular weight is 185 g/mol. The Balaban J connectivity index is 2.22. The Hall–Kier alpha value is -0.610. The molecule has 0 spiro atoms. The van der Waals surface area contributed by atoms with Crippen molar-refractivity contribution in [2.24, 2.45) is 10.7 Å². The van der Waals surface area contributed by atoms with Gasteiger partial charge in [-0.1, -0.05) is 6.42 Å². The van der Waals surface area contributed by atoms with Gasteiger partial charge in [-0.15, -0.1) is 0 Å². The van der Waals surface area contributed by atoms with Crippen LogP contribution in [0.2, 0.25) is 0 Å². The summed E-state index contributed by atoms with van der Waals surface area (Å²) in [6.45, 7) is 1.58. The molecule has 0 aromatic rings. The smallest absolute Gasteiger partial charge is 0.0963 e. The van der Waals surface area contributed by atoms with Crippen LogP contribution in [0.3, 0.4) is 0 Å². The van der Waals surface area contributed by atoms with Crippen molar-refractivity contribution >= 4 is 5.84 Å². The van der Waals surface area contributed by atoms with Crippen LogP contribution >= 0.6 is 0 Å². The van der Waals surface area contributed by atoms with Gasteiger partial charge in [0.25, 0.3) is 0 Å². The van der Waals surface area contributed by atoms with E-state index in [4.69, 9.17) is 10.8 Å². The van der Waals surface area contributed by atoms with Crippen LogP contribution in [0.5, 0.6) is 0 Å². The summed E-state index contributed by atoms with van der Waals surface area (Å²) in [4.78, 5) is 4.40. The van der Waals surface area contributed by atoms with E-state index in [0.29, 0.717) is 6.54 Å². The number of amidine groups is 1. The van der Waals surface area contributed by atoms with Crippen molar-refractivity contribution in [3.8, 4) is 0 Å². The van der Waals surface area contributed by atoms with E-state index in [1.165, 1.54) is 19.3 Å². The number of aliphatic hydroxyl groups is 1. The second-order valence-electron chi connectivity index (χ2n) is 3.46. The predicted molar refractivity (Wildman–Crippen MR) is 53.8 cm³/mol. The molecule has 0 fully saturated rings. The maximum Gasteiger partial charge on any atom is 0.0963 e. The Kier molecular flexibility index (Phi) is 4.78. The number of hydrogen-bond donors (Lipinski definition) is 3. The topological polar surface area (TPSA) is 70.6 Å². The van der Waals surface area contributed by atoms with E-state index in [1.54, 1.807) is 0 Å². The van der Waals surface area contributed by atoms with Gasteiger partial charge in [0.15, 0.2) is 0 Å². The Morgan fingerprint density at radius 1 is 1.46 bits per heavy atom. The summed E-state index contributed by atoms with van der Waals surface area (Å²) in [5.41, 5.74) is 5.56. The van der Waals surface area contributed by atoms with Crippen molar-refractivity contribution < 1.29 is 5.11 Å². The molecule has 0 radical (unpaired) electrons. The molecule has 1 rings (SSSR count). The SMILES string of the molecule is NC(CO)CNC1=NCCCCC1. The average Bonchev–Trinajstić information content (AvgIpc) is 2.42. The molecule has 0 bridgehead atoms. The fourth-order valence-electron chi connectivity index (χ4n) is 1.33. The minimum Gasteiger partial charge on any atom is -0.395 e. The Morgan fingerprint density at radius 2 is 2.31 bits per heavy atom. The van der Waals surface area contributed by atoms with Gasteiger partial charge < -0.3 is 16.2 Å². The highest BCUT2D eigenvalue weighted by Gasteiger charge is 2.05. The first-order valence-electron chi connectivity index (χ1n) is 4.96. The standard InChI is InChI=1S/C9H19N3O/c10-8(7-13)6-12-9-4-2-1-3-5-11-9/h8,13H,1-7,10H2,(H,11,12). The maximum atomic E-state index is 8.71. The van der Waals surface area contributed by atoms with Crippen molar-refractivity contribution in [3.05, 3.63) is 0 Å². The summed E-state index contributed by atoms with van der Waals surface area (Å²) in [5.74, 6) is 1.06. The molecule has 13 heavy (non-hydrogen) atoms. The Bertz CT molecular complexity index is 170. The van der Waals surface area contributed by atoms with Gasteiger partial charge in [0.05, 0.1) is 12.4 Å². The van der Waals surface area contributed by atoms with Crippen LogP contribution in [-0.2, 0) is 0 Å². The van der Waals surface area contributed by atoms with E-state index in [1.807, 2.05) is 0 Å². The molecule has 0 saturated carbocycles. The lowest BCUT2D eigenvalue weighted by molar-refractivity contribution is 0.266.